The molecule has 4 aromatic rings. The van der Waals surface area contributed by atoms with E-state index >= 15 is 0 Å². The molecule has 0 spiro atoms. The van der Waals surface area contributed by atoms with E-state index in [9.17, 15) is 0 Å². The first-order valence-corrected chi connectivity index (χ1v) is 11.6. The molecule has 4 aromatic carbocycles. The van der Waals surface area contributed by atoms with Gasteiger partial charge in [-0.1, -0.05) is 85.3 Å². The van der Waals surface area contributed by atoms with Crippen molar-refractivity contribution < 1.29 is 0 Å². The Morgan fingerprint density at radius 3 is 2.48 bits per heavy atom. The van der Waals surface area contributed by atoms with Crippen LogP contribution in [0.5, 0.6) is 0 Å². The summed E-state index contributed by atoms with van der Waals surface area (Å²) >= 11 is 0. The summed E-state index contributed by atoms with van der Waals surface area (Å²) in [6.45, 7) is 0. The molecule has 0 bridgehead atoms. The van der Waals surface area contributed by atoms with E-state index in [1.54, 1.807) is 17.3 Å². The van der Waals surface area contributed by atoms with Gasteiger partial charge >= 0.3 is 0 Å². The highest BCUT2D eigenvalue weighted by atomic mass is 14.4. The number of nitrogens with one attached hydrogen (secondary N) is 1. The van der Waals surface area contributed by atoms with Crippen molar-refractivity contribution in [3.05, 3.63) is 107 Å². The van der Waals surface area contributed by atoms with Crippen molar-refractivity contribution in [3.63, 3.8) is 0 Å². The van der Waals surface area contributed by atoms with Gasteiger partial charge in [-0.15, -0.1) is 0 Å². The molecule has 0 aliphatic heterocycles. The highest BCUT2D eigenvalue weighted by Crippen LogP contribution is 2.47. The molecule has 0 radical (unpaired) electrons. The molecule has 1 heteroatoms. The zero-order valence-electron chi connectivity index (χ0n) is 17.8. The standard InChI is InChI=1S/C30H27N/c31-19-24-16-15-20-7-1-4-12-27(20)30(24)23-10-5-9-21(17-23)26-13-6-14-28-25-11-3-2-8-22(25)18-29(26)28/h1-4,6-8,11-16,19,21,23,31H,5,9-10,17-18H2. The lowest BCUT2D eigenvalue weighted by Gasteiger charge is -2.32. The molecule has 1 saturated carbocycles. The van der Waals surface area contributed by atoms with Gasteiger partial charge in [-0.2, -0.15) is 0 Å². The maximum atomic E-state index is 8.04. The molecule has 31 heavy (non-hydrogen) atoms. The SMILES string of the molecule is N=Cc1ccc2ccccc2c1C1CCCC(c2cccc3c2Cc2ccccc2-3)C1. The van der Waals surface area contributed by atoms with Gasteiger partial charge in [0.05, 0.1) is 0 Å². The van der Waals surface area contributed by atoms with E-state index in [4.69, 9.17) is 5.41 Å². The molecule has 2 aliphatic rings. The fourth-order valence-electron chi connectivity index (χ4n) is 6.19. The largest absolute Gasteiger partial charge is 0.308 e. The summed E-state index contributed by atoms with van der Waals surface area (Å²) in [6, 6.07) is 28.9. The normalized spacial score (nSPS) is 19.7. The van der Waals surface area contributed by atoms with Crippen LogP contribution in [0, 0.1) is 5.41 Å². The second-order valence-corrected chi connectivity index (χ2v) is 9.20. The highest BCUT2D eigenvalue weighted by molar-refractivity contribution is 5.94. The van der Waals surface area contributed by atoms with Crippen LogP contribution in [-0.4, -0.2) is 6.21 Å². The van der Waals surface area contributed by atoms with Crippen LogP contribution in [0.4, 0.5) is 0 Å². The predicted octanol–water partition coefficient (Wildman–Crippen LogP) is 7.85. The van der Waals surface area contributed by atoms with Gasteiger partial charge in [0.15, 0.2) is 0 Å². The maximum absolute atomic E-state index is 8.04. The van der Waals surface area contributed by atoms with Gasteiger partial charge < -0.3 is 5.41 Å². The molecule has 0 amide bonds. The first-order chi connectivity index (χ1) is 15.3. The van der Waals surface area contributed by atoms with Crippen molar-refractivity contribution in [3.8, 4) is 11.1 Å². The first kappa shape index (κ1) is 18.6. The smallest absolute Gasteiger partial charge is 0.0253 e. The van der Waals surface area contributed by atoms with Crippen molar-refractivity contribution >= 4 is 17.0 Å². The Morgan fingerprint density at radius 1 is 0.742 bits per heavy atom. The van der Waals surface area contributed by atoms with E-state index in [-0.39, 0.29) is 0 Å². The van der Waals surface area contributed by atoms with Crippen LogP contribution < -0.4 is 0 Å². The van der Waals surface area contributed by atoms with Crippen molar-refractivity contribution in [1.29, 1.82) is 5.41 Å². The van der Waals surface area contributed by atoms with Crippen LogP contribution in [0.2, 0.25) is 0 Å². The number of benzene rings is 4. The van der Waals surface area contributed by atoms with E-state index in [2.05, 4.69) is 78.9 Å². The summed E-state index contributed by atoms with van der Waals surface area (Å²) in [6.07, 6.45) is 7.56. The molecule has 0 heterocycles. The quantitative estimate of drug-likeness (QED) is 0.298. The summed E-state index contributed by atoms with van der Waals surface area (Å²) in [5, 5.41) is 10.7. The molecule has 2 aliphatic carbocycles. The van der Waals surface area contributed by atoms with Gasteiger partial charge in [-0.3, -0.25) is 0 Å². The van der Waals surface area contributed by atoms with Crippen molar-refractivity contribution in [1.82, 2.24) is 0 Å². The third-order valence-corrected chi connectivity index (χ3v) is 7.57. The molecule has 2 atom stereocenters. The highest BCUT2D eigenvalue weighted by Gasteiger charge is 2.30. The molecular formula is C30H27N. The molecule has 0 aromatic heterocycles. The van der Waals surface area contributed by atoms with Crippen molar-refractivity contribution in [2.24, 2.45) is 0 Å². The molecule has 0 saturated heterocycles. The monoisotopic (exact) mass is 401 g/mol. The molecular weight excluding hydrogens is 374 g/mol. The average molecular weight is 402 g/mol. The van der Waals surface area contributed by atoms with E-state index in [1.165, 1.54) is 58.7 Å². The second kappa shape index (κ2) is 7.50. The maximum Gasteiger partial charge on any atom is 0.0253 e. The summed E-state index contributed by atoms with van der Waals surface area (Å²) < 4.78 is 0. The lowest BCUT2D eigenvalue weighted by Crippen LogP contribution is -2.16. The summed E-state index contributed by atoms with van der Waals surface area (Å²) in [5.41, 5.74) is 9.95. The summed E-state index contributed by atoms with van der Waals surface area (Å²) in [7, 11) is 0. The van der Waals surface area contributed by atoms with E-state index in [1.807, 2.05) is 0 Å². The van der Waals surface area contributed by atoms with Gasteiger partial charge in [0.1, 0.15) is 0 Å². The predicted molar refractivity (Wildman–Crippen MR) is 130 cm³/mol. The molecule has 6 rings (SSSR count). The Hall–Kier alpha value is -3.19. The lowest BCUT2D eigenvalue weighted by atomic mass is 9.72. The fourth-order valence-corrected chi connectivity index (χ4v) is 6.19. The summed E-state index contributed by atoms with van der Waals surface area (Å²) in [4.78, 5) is 0. The third kappa shape index (κ3) is 3.03. The van der Waals surface area contributed by atoms with E-state index in [0.717, 1.165) is 12.0 Å². The number of hydrogen-bond donors (Lipinski definition) is 1. The Balaban J connectivity index is 1.40. The zero-order valence-corrected chi connectivity index (χ0v) is 17.8. The van der Waals surface area contributed by atoms with Crippen LogP contribution in [0.1, 0.15) is 65.3 Å². The topological polar surface area (TPSA) is 23.9 Å². The minimum absolute atomic E-state index is 0.515. The third-order valence-electron chi connectivity index (χ3n) is 7.57. The zero-order chi connectivity index (χ0) is 20.8. The van der Waals surface area contributed by atoms with Crippen molar-refractivity contribution in [2.75, 3.05) is 0 Å². The molecule has 152 valence electrons. The molecule has 1 fully saturated rings. The Morgan fingerprint density at radius 2 is 1.55 bits per heavy atom. The van der Waals surface area contributed by atoms with Crippen LogP contribution in [0.3, 0.4) is 0 Å². The van der Waals surface area contributed by atoms with Crippen LogP contribution >= 0.6 is 0 Å². The molecule has 1 N–H and O–H groups in total. The van der Waals surface area contributed by atoms with Gasteiger partial charge in [0.25, 0.3) is 0 Å². The minimum atomic E-state index is 0.515. The van der Waals surface area contributed by atoms with Crippen LogP contribution in [0.25, 0.3) is 21.9 Å². The Kier molecular flexibility index (Phi) is 4.49. The molecule has 2 unspecified atom stereocenters. The van der Waals surface area contributed by atoms with Crippen LogP contribution in [-0.2, 0) is 6.42 Å². The van der Waals surface area contributed by atoms with E-state index in [0.29, 0.717) is 11.8 Å². The Bertz CT molecular complexity index is 1300. The first-order valence-electron chi connectivity index (χ1n) is 11.6. The van der Waals surface area contributed by atoms with Gasteiger partial charge in [-0.25, -0.2) is 0 Å². The number of fused-ring (bicyclic) bond motifs is 4. The fraction of sp³-hybridized carbons (Fsp3) is 0.233. The van der Waals surface area contributed by atoms with E-state index < -0.39 is 0 Å². The summed E-state index contributed by atoms with van der Waals surface area (Å²) in [5.74, 6) is 1.11. The lowest BCUT2D eigenvalue weighted by molar-refractivity contribution is 0.394. The van der Waals surface area contributed by atoms with Crippen LogP contribution in [0.15, 0.2) is 78.9 Å². The van der Waals surface area contributed by atoms with Gasteiger partial charge in [0, 0.05) is 6.21 Å². The van der Waals surface area contributed by atoms with Crippen molar-refractivity contribution in [2.45, 2.75) is 43.9 Å². The Labute approximate surface area is 184 Å². The number of rotatable bonds is 3. The van der Waals surface area contributed by atoms with Gasteiger partial charge in [-0.05, 0) is 87.2 Å². The number of hydrogen-bond acceptors (Lipinski definition) is 1. The average Bonchev–Trinajstić information content (AvgIpc) is 3.22. The second-order valence-electron chi connectivity index (χ2n) is 9.20. The van der Waals surface area contributed by atoms with Gasteiger partial charge in [0.2, 0.25) is 0 Å². The molecule has 1 nitrogen and oxygen atoms in total. The minimum Gasteiger partial charge on any atom is -0.308 e.